The van der Waals surface area contributed by atoms with Gasteiger partial charge in [0.05, 0.1) is 6.61 Å². The number of nitrogens with two attached hydrogens (primary N) is 1. The fourth-order valence-electron chi connectivity index (χ4n) is 0.638. The number of hydrogen-bond acceptors (Lipinski definition) is 3. The summed E-state index contributed by atoms with van der Waals surface area (Å²) >= 11 is 0. The molecule has 0 bridgehead atoms. The van der Waals surface area contributed by atoms with Gasteiger partial charge in [-0.3, -0.25) is 0 Å². The summed E-state index contributed by atoms with van der Waals surface area (Å²) < 4.78 is 4.42. The molecule has 16 heavy (non-hydrogen) atoms. The summed E-state index contributed by atoms with van der Waals surface area (Å²) in [6.07, 6.45) is 0.256. The Balaban J connectivity index is 0. The van der Waals surface area contributed by atoms with E-state index in [4.69, 9.17) is 5.11 Å². The first-order valence-electron chi connectivity index (χ1n) is 5.12. The fourth-order valence-corrected chi connectivity index (χ4v) is 0.638. The smallest absolute Gasteiger partial charge is 0.405 e. The van der Waals surface area contributed by atoms with Crippen molar-refractivity contribution in [2.75, 3.05) is 6.61 Å². The summed E-state index contributed by atoms with van der Waals surface area (Å²) in [5.74, 6) is 0. The minimum Gasteiger partial charge on any atom is -0.465 e. The van der Waals surface area contributed by atoms with Crippen molar-refractivity contribution in [3.8, 4) is 0 Å². The number of carbonyl (C=O) groups is 2. The van der Waals surface area contributed by atoms with E-state index >= 15 is 0 Å². The third kappa shape index (κ3) is 22.9. The molecule has 0 spiro atoms. The van der Waals surface area contributed by atoms with Gasteiger partial charge >= 0.3 is 12.2 Å². The zero-order valence-electron chi connectivity index (χ0n) is 10.4. The predicted molar refractivity (Wildman–Crippen MR) is 61.4 cm³/mol. The largest absolute Gasteiger partial charge is 0.465 e. The third-order valence-corrected chi connectivity index (χ3v) is 1.22. The maximum absolute atomic E-state index is 9.90. The number of primary amides is 1. The summed E-state index contributed by atoms with van der Waals surface area (Å²) in [5, 5.41) is 10.4. The molecule has 0 unspecified atom stereocenters. The molecule has 6 heteroatoms. The zero-order valence-corrected chi connectivity index (χ0v) is 10.4. The molecule has 0 fully saturated rings. The second kappa shape index (κ2) is 8.82. The van der Waals surface area contributed by atoms with Gasteiger partial charge in [-0.2, -0.15) is 0 Å². The monoisotopic (exact) mass is 234 g/mol. The van der Waals surface area contributed by atoms with Crippen LogP contribution in [0.25, 0.3) is 0 Å². The van der Waals surface area contributed by atoms with Crippen molar-refractivity contribution in [2.24, 2.45) is 5.73 Å². The lowest BCUT2D eigenvalue weighted by molar-refractivity contribution is 0.155. The summed E-state index contributed by atoms with van der Waals surface area (Å²) in [6, 6.07) is 0. The molecular weight excluding hydrogens is 212 g/mol. The highest BCUT2D eigenvalue weighted by atomic mass is 16.5. The molecule has 0 aliphatic rings. The molecule has 0 aromatic rings. The summed E-state index contributed by atoms with van der Waals surface area (Å²) in [5.41, 5.74) is 4.34. The van der Waals surface area contributed by atoms with Crippen molar-refractivity contribution < 1.29 is 19.4 Å². The van der Waals surface area contributed by atoms with Crippen molar-refractivity contribution in [1.29, 1.82) is 0 Å². The van der Waals surface area contributed by atoms with Gasteiger partial charge in [-0.15, -0.1) is 0 Å². The van der Waals surface area contributed by atoms with E-state index in [1.807, 2.05) is 6.92 Å². The Morgan fingerprint density at radius 3 is 2.06 bits per heavy atom. The Morgan fingerprint density at radius 1 is 1.38 bits per heavy atom. The van der Waals surface area contributed by atoms with E-state index in [1.54, 1.807) is 20.8 Å². The molecule has 0 heterocycles. The third-order valence-electron chi connectivity index (χ3n) is 1.22. The van der Waals surface area contributed by atoms with Crippen LogP contribution in [-0.4, -0.2) is 29.4 Å². The zero-order chi connectivity index (χ0) is 13.2. The molecule has 2 amide bonds. The van der Waals surface area contributed by atoms with Crippen LogP contribution in [0.15, 0.2) is 0 Å². The van der Waals surface area contributed by atoms with E-state index in [2.05, 4.69) is 15.8 Å². The van der Waals surface area contributed by atoms with Crippen molar-refractivity contribution in [1.82, 2.24) is 5.32 Å². The van der Waals surface area contributed by atoms with Gasteiger partial charge in [0.2, 0.25) is 0 Å². The lowest BCUT2D eigenvalue weighted by atomic mass is 10.1. The van der Waals surface area contributed by atoms with E-state index in [0.29, 0.717) is 6.61 Å². The van der Waals surface area contributed by atoms with Gasteiger partial charge in [-0.05, 0) is 27.2 Å². The van der Waals surface area contributed by atoms with Crippen LogP contribution < -0.4 is 11.1 Å². The highest BCUT2D eigenvalue weighted by molar-refractivity contribution is 5.65. The first-order valence-corrected chi connectivity index (χ1v) is 5.12. The summed E-state index contributed by atoms with van der Waals surface area (Å²) in [6.45, 7) is 7.85. The van der Waals surface area contributed by atoms with Gasteiger partial charge in [-0.1, -0.05) is 13.3 Å². The van der Waals surface area contributed by atoms with E-state index < -0.39 is 12.2 Å². The molecule has 4 N–H and O–H groups in total. The van der Waals surface area contributed by atoms with Gasteiger partial charge in [0, 0.05) is 5.54 Å². The molecule has 0 radical (unpaired) electrons. The first-order chi connectivity index (χ1) is 7.19. The average molecular weight is 234 g/mol. The topological polar surface area (TPSA) is 102 Å². The fraction of sp³-hybridized carbons (Fsp3) is 0.800. The second-order valence-corrected chi connectivity index (χ2v) is 4.20. The normalized spacial score (nSPS) is 9.75. The van der Waals surface area contributed by atoms with E-state index in [-0.39, 0.29) is 5.54 Å². The second-order valence-electron chi connectivity index (χ2n) is 4.20. The molecule has 0 saturated carbocycles. The van der Waals surface area contributed by atoms with Crippen molar-refractivity contribution in [3.05, 3.63) is 0 Å². The van der Waals surface area contributed by atoms with Gasteiger partial charge in [-0.25, -0.2) is 9.59 Å². The number of rotatable bonds is 3. The van der Waals surface area contributed by atoms with Crippen LogP contribution in [0.1, 0.15) is 40.5 Å². The number of nitrogens with one attached hydrogen (secondary N) is 1. The number of carbonyl (C=O) groups excluding carboxylic acids is 1. The quantitative estimate of drug-likeness (QED) is 0.649. The summed E-state index contributed by atoms with van der Waals surface area (Å²) in [7, 11) is 0. The van der Waals surface area contributed by atoms with Gasteiger partial charge in [0.25, 0.3) is 0 Å². The molecule has 0 aromatic carbocycles. The predicted octanol–water partition coefficient (Wildman–Crippen LogP) is 1.93. The van der Waals surface area contributed by atoms with E-state index in [0.717, 1.165) is 12.8 Å². The lowest BCUT2D eigenvalue weighted by Crippen LogP contribution is -2.39. The maximum Gasteiger partial charge on any atom is 0.405 e. The van der Waals surface area contributed by atoms with Crippen molar-refractivity contribution in [3.63, 3.8) is 0 Å². The molecule has 0 rings (SSSR count). The Hall–Kier alpha value is -1.46. The average Bonchev–Trinajstić information content (AvgIpc) is 2.00. The number of unbranched alkanes of at least 4 members (excludes halogenated alkanes) is 1. The standard InChI is InChI=1S/2C5H11NO2/c1-5(2,3)6-4(7)8;1-2-3-4-8-5(6)7/h6H,1-3H3,(H,7,8);2-4H2,1H3,(H2,6,7). The number of ether oxygens (including phenoxy) is 1. The van der Waals surface area contributed by atoms with Crippen molar-refractivity contribution in [2.45, 2.75) is 46.1 Å². The van der Waals surface area contributed by atoms with Crippen LogP contribution in [0.5, 0.6) is 0 Å². The highest BCUT2D eigenvalue weighted by Gasteiger charge is 2.10. The number of hydrogen-bond donors (Lipinski definition) is 3. The molecule has 0 aliphatic heterocycles. The molecule has 6 nitrogen and oxygen atoms in total. The van der Waals surface area contributed by atoms with Crippen LogP contribution in [0.2, 0.25) is 0 Å². The number of carboxylic acid groups (broad SMARTS) is 1. The van der Waals surface area contributed by atoms with Gasteiger partial charge < -0.3 is 20.9 Å². The van der Waals surface area contributed by atoms with Crippen LogP contribution >= 0.6 is 0 Å². The molecule has 0 aliphatic carbocycles. The van der Waals surface area contributed by atoms with E-state index in [1.165, 1.54) is 0 Å². The lowest BCUT2D eigenvalue weighted by Gasteiger charge is -2.16. The molecule has 0 saturated heterocycles. The van der Waals surface area contributed by atoms with Crippen LogP contribution in [-0.2, 0) is 4.74 Å². The van der Waals surface area contributed by atoms with Crippen molar-refractivity contribution >= 4 is 12.2 Å². The Bertz CT molecular complexity index is 211. The first kappa shape index (κ1) is 17.0. The summed E-state index contributed by atoms with van der Waals surface area (Å²) in [4.78, 5) is 19.8. The van der Waals surface area contributed by atoms with Crippen LogP contribution in [0, 0.1) is 0 Å². The Morgan fingerprint density at radius 2 is 1.88 bits per heavy atom. The molecule has 0 aromatic heterocycles. The minimum absolute atomic E-state index is 0.328. The minimum atomic E-state index is -0.975. The number of amides is 2. The van der Waals surface area contributed by atoms with Crippen LogP contribution in [0.4, 0.5) is 9.59 Å². The van der Waals surface area contributed by atoms with Gasteiger partial charge in [0.1, 0.15) is 0 Å². The highest BCUT2D eigenvalue weighted by Crippen LogP contribution is 1.96. The molecule has 0 atom stereocenters. The SMILES string of the molecule is CC(C)(C)NC(=O)O.CCCCOC(N)=O. The Kier molecular flexibility index (Phi) is 9.34. The molecular formula is C10H22N2O4. The van der Waals surface area contributed by atoms with Gasteiger partial charge in [0.15, 0.2) is 0 Å². The Labute approximate surface area is 96.2 Å². The maximum atomic E-state index is 9.90. The molecule has 96 valence electrons. The van der Waals surface area contributed by atoms with E-state index in [9.17, 15) is 9.59 Å². The van der Waals surface area contributed by atoms with Crippen LogP contribution in [0.3, 0.4) is 0 Å².